The van der Waals surface area contributed by atoms with Crippen molar-refractivity contribution in [1.29, 1.82) is 5.26 Å². The lowest BCUT2D eigenvalue weighted by atomic mass is 9.89. The predicted molar refractivity (Wildman–Crippen MR) is 194 cm³/mol. The lowest BCUT2D eigenvalue weighted by Gasteiger charge is -2.33. The highest BCUT2D eigenvalue weighted by atomic mass is 32.1. The summed E-state index contributed by atoms with van der Waals surface area (Å²) in [5, 5.41) is 26.4. The summed E-state index contributed by atoms with van der Waals surface area (Å²) in [5.74, 6) is -2.12. The molecule has 258 valence electrons. The van der Waals surface area contributed by atoms with Crippen molar-refractivity contribution >= 4 is 39.8 Å². The van der Waals surface area contributed by atoms with Gasteiger partial charge in [-0.2, -0.15) is 5.26 Å². The quantitative estimate of drug-likeness (QED) is 0.113. The average Bonchev–Trinajstić information content (AvgIpc) is 3.79. The molecule has 1 amide bonds. The van der Waals surface area contributed by atoms with Crippen LogP contribution in [0.2, 0.25) is 0 Å². The van der Waals surface area contributed by atoms with Gasteiger partial charge in [-0.1, -0.05) is 80.9 Å². The summed E-state index contributed by atoms with van der Waals surface area (Å²) in [6.07, 6.45) is 4.11. The zero-order chi connectivity index (χ0) is 35.7. The van der Waals surface area contributed by atoms with Gasteiger partial charge in [0.1, 0.15) is 0 Å². The number of carboxylic acid groups (broad SMARTS) is 1. The Labute approximate surface area is 296 Å². The van der Waals surface area contributed by atoms with Crippen LogP contribution < -0.4 is 11.1 Å². The van der Waals surface area contributed by atoms with Gasteiger partial charge >= 0.3 is 5.97 Å². The lowest BCUT2D eigenvalue weighted by molar-refractivity contribution is -0.148. The van der Waals surface area contributed by atoms with E-state index in [0.29, 0.717) is 30.1 Å². The predicted octanol–water partition coefficient (Wildman–Crippen LogP) is 5.19. The van der Waals surface area contributed by atoms with Crippen LogP contribution in [0.5, 0.6) is 0 Å². The zero-order valence-corrected chi connectivity index (χ0v) is 29.1. The minimum atomic E-state index is -2.11. The Kier molecular flexibility index (Phi) is 11.9. The molecule has 11 heteroatoms. The summed E-state index contributed by atoms with van der Waals surface area (Å²) >= 11 is 1.36. The molecule has 0 spiro atoms. The van der Waals surface area contributed by atoms with Crippen molar-refractivity contribution in [3.05, 3.63) is 124 Å². The first-order valence-electron chi connectivity index (χ1n) is 16.6. The lowest BCUT2D eigenvalue weighted by Crippen LogP contribution is -2.60. The molecular formula is C39H42N6O4S. The fourth-order valence-corrected chi connectivity index (χ4v) is 6.85. The number of fused-ring (bicyclic) bond motifs is 1. The molecule has 1 unspecified atom stereocenters. The van der Waals surface area contributed by atoms with Gasteiger partial charge in [0.15, 0.2) is 11.3 Å². The Hall–Kier alpha value is -5.15. The Morgan fingerprint density at radius 3 is 2.54 bits per heavy atom. The van der Waals surface area contributed by atoms with Gasteiger partial charge in [0.2, 0.25) is 5.91 Å². The third kappa shape index (κ3) is 8.90. The topological polar surface area (TPSA) is 154 Å². The van der Waals surface area contributed by atoms with Crippen LogP contribution in [0.4, 0.5) is 0 Å². The Morgan fingerprint density at radius 2 is 1.84 bits per heavy atom. The van der Waals surface area contributed by atoms with E-state index in [1.54, 1.807) is 36.8 Å². The molecule has 0 saturated heterocycles. The average molecular weight is 691 g/mol. The molecule has 4 N–H and O–H groups in total. The number of nitriles is 1. The van der Waals surface area contributed by atoms with Gasteiger partial charge in [-0.3, -0.25) is 14.5 Å². The number of nitrogens with one attached hydrogen (secondary N) is 1. The summed E-state index contributed by atoms with van der Waals surface area (Å²) in [5.41, 5.74) is 7.57. The molecule has 5 rings (SSSR count). The van der Waals surface area contributed by atoms with Crippen LogP contribution in [0.1, 0.15) is 47.5 Å². The van der Waals surface area contributed by atoms with Crippen LogP contribution >= 0.6 is 11.3 Å². The SMILES string of the molecule is CC[C@H](C)[C@@H](CN(CC(=O)C(N)(Cc1cccs1)C(=O)O)Cc1cccc2ccccc12)NC(=O)Cc1cncn1Cc1ccc(C#N)cc1. The second kappa shape index (κ2) is 16.5. The second-order valence-corrected chi connectivity index (χ2v) is 13.9. The van der Waals surface area contributed by atoms with E-state index in [9.17, 15) is 19.5 Å². The van der Waals surface area contributed by atoms with Crippen molar-refractivity contribution in [1.82, 2.24) is 19.8 Å². The molecule has 0 aliphatic carbocycles. The van der Waals surface area contributed by atoms with Crippen molar-refractivity contribution in [2.45, 2.75) is 57.8 Å². The minimum absolute atomic E-state index is 0.0425. The Balaban J connectivity index is 1.37. The molecule has 3 atom stereocenters. The number of hydrogen-bond acceptors (Lipinski definition) is 8. The summed E-state index contributed by atoms with van der Waals surface area (Å²) in [4.78, 5) is 47.0. The van der Waals surface area contributed by atoms with E-state index in [4.69, 9.17) is 11.0 Å². The molecule has 0 aliphatic heterocycles. The van der Waals surface area contributed by atoms with Gasteiger partial charge in [-0.15, -0.1) is 11.3 Å². The van der Waals surface area contributed by atoms with E-state index in [-0.39, 0.29) is 37.3 Å². The maximum atomic E-state index is 13.9. The van der Waals surface area contributed by atoms with Crippen LogP contribution in [0, 0.1) is 17.2 Å². The monoisotopic (exact) mass is 690 g/mol. The third-order valence-electron chi connectivity index (χ3n) is 9.26. The van der Waals surface area contributed by atoms with Crippen molar-refractivity contribution in [2.24, 2.45) is 11.7 Å². The van der Waals surface area contributed by atoms with Crippen molar-refractivity contribution in [3.8, 4) is 6.07 Å². The number of hydrogen-bond donors (Lipinski definition) is 3. The minimum Gasteiger partial charge on any atom is -0.480 e. The Bertz CT molecular complexity index is 1960. The van der Waals surface area contributed by atoms with Gasteiger partial charge in [-0.25, -0.2) is 9.78 Å². The smallest absolute Gasteiger partial charge is 0.331 e. The number of nitrogens with two attached hydrogens (primary N) is 1. The van der Waals surface area contributed by atoms with Gasteiger partial charge < -0.3 is 20.7 Å². The number of Topliss-reactive ketones (excluding diaryl/α,β-unsaturated/α-hetero) is 1. The molecule has 2 heterocycles. The number of aromatic nitrogens is 2. The number of ketones is 1. The molecule has 10 nitrogen and oxygen atoms in total. The normalized spacial score (nSPS) is 13.7. The highest BCUT2D eigenvalue weighted by Crippen LogP contribution is 2.23. The molecular weight excluding hydrogens is 649 g/mol. The van der Waals surface area contributed by atoms with Crippen LogP contribution in [0.25, 0.3) is 10.8 Å². The molecule has 2 aromatic heterocycles. The number of thiophene rings is 1. The molecule has 0 aliphatic rings. The van der Waals surface area contributed by atoms with Crippen molar-refractivity contribution in [3.63, 3.8) is 0 Å². The molecule has 0 radical (unpaired) electrons. The van der Waals surface area contributed by atoms with E-state index < -0.39 is 17.3 Å². The summed E-state index contributed by atoms with van der Waals surface area (Å²) in [6, 6.07) is 26.6. The highest BCUT2D eigenvalue weighted by molar-refractivity contribution is 7.09. The molecule has 5 aromatic rings. The number of nitrogens with zero attached hydrogens (tertiary/aromatic N) is 4. The molecule has 3 aromatic carbocycles. The van der Waals surface area contributed by atoms with Crippen LogP contribution in [-0.4, -0.2) is 61.9 Å². The van der Waals surface area contributed by atoms with Crippen molar-refractivity contribution < 1.29 is 19.5 Å². The van der Waals surface area contributed by atoms with Gasteiger partial charge in [0.05, 0.1) is 30.9 Å². The number of rotatable bonds is 17. The summed E-state index contributed by atoms with van der Waals surface area (Å²) in [6.45, 7) is 5.04. The maximum Gasteiger partial charge on any atom is 0.331 e. The number of imidazole rings is 1. The maximum absolute atomic E-state index is 13.9. The third-order valence-corrected chi connectivity index (χ3v) is 10.1. The van der Waals surface area contributed by atoms with Gasteiger partial charge in [0, 0.05) is 48.9 Å². The van der Waals surface area contributed by atoms with Crippen LogP contribution in [0.3, 0.4) is 0 Å². The summed E-state index contributed by atoms with van der Waals surface area (Å²) < 4.78 is 1.91. The molecule has 0 fully saturated rings. The fraction of sp³-hybridized carbons (Fsp3) is 0.308. The summed E-state index contributed by atoms with van der Waals surface area (Å²) in [7, 11) is 0. The number of aliphatic carboxylic acids is 1. The largest absolute Gasteiger partial charge is 0.480 e. The Morgan fingerprint density at radius 1 is 1.08 bits per heavy atom. The number of carbonyl (C=O) groups is 3. The van der Waals surface area contributed by atoms with Gasteiger partial charge in [0.25, 0.3) is 0 Å². The number of carboxylic acids is 1. The molecule has 0 bridgehead atoms. The first-order valence-corrected chi connectivity index (χ1v) is 17.5. The van der Waals surface area contributed by atoms with E-state index in [1.165, 1.54) is 11.3 Å². The van der Waals surface area contributed by atoms with Crippen molar-refractivity contribution in [2.75, 3.05) is 13.1 Å². The van der Waals surface area contributed by atoms with Crippen LogP contribution in [-0.2, 0) is 40.3 Å². The van der Waals surface area contributed by atoms with E-state index in [1.807, 2.05) is 76.4 Å². The number of carbonyl (C=O) groups excluding carboxylic acids is 2. The molecule has 50 heavy (non-hydrogen) atoms. The van der Waals surface area contributed by atoms with Gasteiger partial charge in [-0.05, 0) is 51.4 Å². The zero-order valence-electron chi connectivity index (χ0n) is 28.3. The standard InChI is InChI=1S/C39H42N6O4S/c1-3-27(2)35(43-37(47)18-32-21-42-26-45(32)22-29-15-13-28(20-40)14-16-29)24-44(23-31-10-6-9-30-8-4-5-12-34(30)31)25-36(46)39(41,38(48)49)19-33-11-7-17-50-33/h4-17,21,26-27,35H,3,18-19,22-25,41H2,1-2H3,(H,43,47)(H,48,49)/t27-,35+,39?/m0/s1. The number of amides is 1. The van der Waals surface area contributed by atoms with Crippen LogP contribution in [0.15, 0.2) is 96.8 Å². The van der Waals surface area contributed by atoms with E-state index >= 15 is 0 Å². The first-order chi connectivity index (χ1) is 24.1. The number of benzene rings is 3. The second-order valence-electron chi connectivity index (χ2n) is 12.8. The first kappa shape index (κ1) is 36.1. The highest BCUT2D eigenvalue weighted by Gasteiger charge is 2.43. The fourth-order valence-electron chi connectivity index (χ4n) is 6.05. The van der Waals surface area contributed by atoms with E-state index in [2.05, 4.69) is 23.3 Å². The molecule has 0 saturated carbocycles. The van der Waals surface area contributed by atoms with E-state index in [0.717, 1.165) is 34.0 Å².